The van der Waals surface area contributed by atoms with Gasteiger partial charge in [0.15, 0.2) is 0 Å². The summed E-state index contributed by atoms with van der Waals surface area (Å²) in [7, 11) is 0. The fraction of sp³-hybridized carbons (Fsp3) is 0.0909. The number of amides is 1. The number of carbonyl (C=O) groups is 1. The van der Waals surface area contributed by atoms with Gasteiger partial charge in [0.25, 0.3) is 0 Å². The zero-order chi connectivity index (χ0) is 10.7. The van der Waals surface area contributed by atoms with Crippen molar-refractivity contribution in [3.05, 3.63) is 41.8 Å². The Morgan fingerprint density at radius 2 is 2.20 bits per heavy atom. The molecule has 1 aliphatic rings. The molecule has 0 aromatic heterocycles. The van der Waals surface area contributed by atoms with Crippen LogP contribution in [0.2, 0.25) is 0 Å². The molecule has 0 unspecified atom stereocenters. The highest BCUT2D eigenvalue weighted by atomic mass is 16.5. The van der Waals surface area contributed by atoms with E-state index in [1.54, 1.807) is 6.21 Å². The molecular weight excluding hydrogens is 192 g/mol. The summed E-state index contributed by atoms with van der Waals surface area (Å²) in [6, 6.07) is 7.47. The van der Waals surface area contributed by atoms with E-state index in [2.05, 4.69) is 4.99 Å². The smallest absolute Gasteiger partial charge is 0.225 e. The van der Waals surface area contributed by atoms with Crippen LogP contribution >= 0.6 is 0 Å². The first-order chi connectivity index (χ1) is 7.25. The van der Waals surface area contributed by atoms with Crippen LogP contribution in [0.1, 0.15) is 12.0 Å². The molecule has 1 aliphatic heterocycles. The quantitative estimate of drug-likeness (QED) is 0.783. The first-order valence-electron chi connectivity index (χ1n) is 4.53. The third kappa shape index (κ3) is 2.22. The number of fused-ring (bicyclic) bond motifs is 1. The van der Waals surface area contributed by atoms with Gasteiger partial charge in [0.1, 0.15) is 11.5 Å². The monoisotopic (exact) mass is 202 g/mol. The predicted molar refractivity (Wildman–Crippen MR) is 56.6 cm³/mol. The molecule has 1 amide bonds. The first-order valence-corrected chi connectivity index (χ1v) is 4.53. The molecule has 0 bridgehead atoms. The lowest BCUT2D eigenvalue weighted by Crippen LogP contribution is -2.13. The van der Waals surface area contributed by atoms with Crippen LogP contribution in [0.15, 0.2) is 41.2 Å². The lowest BCUT2D eigenvalue weighted by atomic mass is 10.2. The number of benzene rings is 1. The standard InChI is InChI=1S/C11H10N2O2/c12-11(14)5-9-7-13-6-8-3-1-2-4-10(8)15-9/h1-4,6-7H,5H2,(H2,12,14). The van der Waals surface area contributed by atoms with Gasteiger partial charge in [-0.25, -0.2) is 0 Å². The highest BCUT2D eigenvalue weighted by Crippen LogP contribution is 2.21. The summed E-state index contributed by atoms with van der Waals surface area (Å²) in [6.45, 7) is 0. The van der Waals surface area contributed by atoms with Crippen molar-refractivity contribution in [2.75, 3.05) is 0 Å². The lowest BCUT2D eigenvalue weighted by molar-refractivity contribution is -0.117. The largest absolute Gasteiger partial charge is 0.459 e. The van der Waals surface area contributed by atoms with Crippen molar-refractivity contribution < 1.29 is 9.53 Å². The number of ether oxygens (including phenoxy) is 1. The molecule has 1 aromatic rings. The van der Waals surface area contributed by atoms with E-state index in [1.807, 2.05) is 24.3 Å². The third-order valence-corrected chi connectivity index (χ3v) is 1.94. The van der Waals surface area contributed by atoms with Crippen LogP contribution in [0.3, 0.4) is 0 Å². The van der Waals surface area contributed by atoms with Crippen molar-refractivity contribution in [1.82, 2.24) is 0 Å². The molecule has 0 fully saturated rings. The molecule has 76 valence electrons. The predicted octanol–water partition coefficient (Wildman–Crippen LogP) is 1.21. The van der Waals surface area contributed by atoms with Gasteiger partial charge in [-0.1, -0.05) is 12.1 Å². The van der Waals surface area contributed by atoms with E-state index in [0.29, 0.717) is 11.5 Å². The van der Waals surface area contributed by atoms with Crippen molar-refractivity contribution in [2.45, 2.75) is 6.42 Å². The number of aliphatic imine (C=N–C) groups is 1. The maximum absolute atomic E-state index is 10.7. The first kappa shape index (κ1) is 9.45. The highest BCUT2D eigenvalue weighted by Gasteiger charge is 2.09. The number of hydrogen-bond acceptors (Lipinski definition) is 3. The summed E-state index contributed by atoms with van der Waals surface area (Å²) in [5.74, 6) is 0.714. The fourth-order valence-corrected chi connectivity index (χ4v) is 1.30. The summed E-state index contributed by atoms with van der Waals surface area (Å²) in [5, 5.41) is 0. The van der Waals surface area contributed by atoms with Gasteiger partial charge < -0.3 is 10.5 Å². The van der Waals surface area contributed by atoms with E-state index in [1.165, 1.54) is 6.20 Å². The van der Waals surface area contributed by atoms with Crippen LogP contribution in [0, 0.1) is 0 Å². The Kier molecular flexibility index (Phi) is 2.49. The average molecular weight is 202 g/mol. The summed E-state index contributed by atoms with van der Waals surface area (Å²) >= 11 is 0. The van der Waals surface area contributed by atoms with E-state index in [-0.39, 0.29) is 6.42 Å². The normalized spacial score (nSPS) is 13.5. The minimum absolute atomic E-state index is 0.0612. The highest BCUT2D eigenvalue weighted by molar-refractivity contribution is 5.85. The van der Waals surface area contributed by atoms with Crippen molar-refractivity contribution in [1.29, 1.82) is 0 Å². The van der Waals surface area contributed by atoms with E-state index in [9.17, 15) is 4.79 Å². The Bertz CT molecular complexity index is 450. The van der Waals surface area contributed by atoms with Crippen LogP contribution in [0.25, 0.3) is 0 Å². The summed E-state index contributed by atoms with van der Waals surface area (Å²) in [6.07, 6.45) is 3.25. The minimum Gasteiger partial charge on any atom is -0.459 e. The van der Waals surface area contributed by atoms with Crippen LogP contribution < -0.4 is 10.5 Å². The number of hydrogen-bond donors (Lipinski definition) is 1. The summed E-state index contributed by atoms with van der Waals surface area (Å²) < 4.78 is 5.50. The van der Waals surface area contributed by atoms with Crippen molar-refractivity contribution in [2.24, 2.45) is 10.7 Å². The van der Waals surface area contributed by atoms with Gasteiger partial charge in [0, 0.05) is 11.8 Å². The zero-order valence-electron chi connectivity index (χ0n) is 8.01. The molecule has 4 nitrogen and oxygen atoms in total. The Morgan fingerprint density at radius 3 is 3.00 bits per heavy atom. The van der Waals surface area contributed by atoms with Crippen LogP contribution in [0.5, 0.6) is 5.75 Å². The van der Waals surface area contributed by atoms with Crippen LogP contribution in [-0.4, -0.2) is 12.1 Å². The number of rotatable bonds is 2. The molecule has 1 heterocycles. The SMILES string of the molecule is NC(=O)CC1=CN=Cc2ccccc2O1. The topological polar surface area (TPSA) is 64.7 Å². The molecule has 0 radical (unpaired) electrons. The van der Waals surface area contributed by atoms with Crippen LogP contribution in [0.4, 0.5) is 0 Å². The van der Waals surface area contributed by atoms with Gasteiger partial charge in [0.2, 0.25) is 5.91 Å². The molecule has 0 aliphatic carbocycles. The van der Waals surface area contributed by atoms with E-state index in [4.69, 9.17) is 10.5 Å². The number of primary amides is 1. The molecule has 0 saturated heterocycles. The fourth-order valence-electron chi connectivity index (χ4n) is 1.30. The number of carbonyl (C=O) groups excluding carboxylic acids is 1. The van der Waals surface area contributed by atoms with Crippen molar-refractivity contribution in [3.8, 4) is 5.75 Å². The van der Waals surface area contributed by atoms with Crippen molar-refractivity contribution >= 4 is 12.1 Å². The summed E-state index contributed by atoms with van der Waals surface area (Å²) in [4.78, 5) is 14.8. The maximum Gasteiger partial charge on any atom is 0.225 e. The molecule has 0 atom stereocenters. The average Bonchev–Trinajstić information content (AvgIpc) is 2.38. The van der Waals surface area contributed by atoms with Gasteiger partial charge in [0.05, 0.1) is 12.6 Å². The van der Waals surface area contributed by atoms with Gasteiger partial charge in [-0.3, -0.25) is 9.79 Å². The third-order valence-electron chi connectivity index (χ3n) is 1.94. The molecule has 4 heteroatoms. The van der Waals surface area contributed by atoms with Crippen LogP contribution in [-0.2, 0) is 4.79 Å². The molecule has 0 saturated carbocycles. The van der Waals surface area contributed by atoms with Gasteiger partial charge in [-0.2, -0.15) is 0 Å². The number of nitrogens with zero attached hydrogens (tertiary/aromatic N) is 1. The Labute approximate surface area is 87.1 Å². The van der Waals surface area contributed by atoms with E-state index < -0.39 is 5.91 Å². The minimum atomic E-state index is -0.434. The van der Waals surface area contributed by atoms with E-state index >= 15 is 0 Å². The Balaban J connectivity index is 2.27. The Hall–Kier alpha value is -2.10. The van der Waals surface area contributed by atoms with Gasteiger partial charge >= 0.3 is 0 Å². The maximum atomic E-state index is 10.7. The second-order valence-electron chi connectivity index (χ2n) is 3.16. The van der Waals surface area contributed by atoms with Crippen molar-refractivity contribution in [3.63, 3.8) is 0 Å². The van der Waals surface area contributed by atoms with E-state index in [0.717, 1.165) is 5.56 Å². The molecule has 15 heavy (non-hydrogen) atoms. The second-order valence-corrected chi connectivity index (χ2v) is 3.16. The molecule has 1 aromatic carbocycles. The number of para-hydroxylation sites is 1. The second kappa shape index (κ2) is 3.96. The molecule has 2 rings (SSSR count). The molecule has 0 spiro atoms. The summed E-state index contributed by atoms with van der Waals surface area (Å²) in [5.41, 5.74) is 5.97. The van der Waals surface area contributed by atoms with Gasteiger partial charge in [-0.15, -0.1) is 0 Å². The Morgan fingerprint density at radius 1 is 1.40 bits per heavy atom. The zero-order valence-corrected chi connectivity index (χ0v) is 8.01. The number of nitrogens with two attached hydrogens (primary N) is 1. The molecular formula is C11H10N2O2. The lowest BCUT2D eigenvalue weighted by Gasteiger charge is -2.07. The van der Waals surface area contributed by atoms with Gasteiger partial charge in [-0.05, 0) is 12.1 Å². The molecule has 2 N–H and O–H groups in total.